The van der Waals surface area contributed by atoms with Crippen molar-refractivity contribution in [3.8, 4) is 0 Å². The third-order valence-corrected chi connectivity index (χ3v) is 5.70. The van der Waals surface area contributed by atoms with E-state index in [1.165, 1.54) is 0 Å². The number of hydrogen-bond acceptors (Lipinski definition) is 7. The molecule has 25 heavy (non-hydrogen) atoms. The molecule has 0 bridgehead atoms. The number of amides is 2. The molecular weight excluding hydrogens is 344 g/mol. The molecule has 3 heterocycles. The van der Waals surface area contributed by atoms with Gasteiger partial charge >= 0.3 is 11.8 Å². The molecule has 2 saturated heterocycles. The molecule has 0 unspecified atom stereocenters. The summed E-state index contributed by atoms with van der Waals surface area (Å²) >= 11 is 1.95. The van der Waals surface area contributed by atoms with E-state index in [0.29, 0.717) is 25.5 Å². The highest BCUT2D eigenvalue weighted by Gasteiger charge is 2.39. The molecule has 0 aliphatic carbocycles. The van der Waals surface area contributed by atoms with Crippen molar-refractivity contribution >= 4 is 29.4 Å². The summed E-state index contributed by atoms with van der Waals surface area (Å²) in [6.07, 6.45) is 1.73. The van der Waals surface area contributed by atoms with E-state index in [9.17, 15) is 9.59 Å². The molecule has 2 fully saturated rings. The first kappa shape index (κ1) is 18.2. The van der Waals surface area contributed by atoms with Gasteiger partial charge in [0.25, 0.3) is 0 Å². The number of thioether (sulfide) groups is 1. The number of carbonyl (C=O) groups excluding carboxylic acids is 2. The second-order valence-corrected chi connectivity index (χ2v) is 7.62. The zero-order valence-corrected chi connectivity index (χ0v) is 15.2. The molecule has 1 aromatic rings. The van der Waals surface area contributed by atoms with Gasteiger partial charge in [0.1, 0.15) is 5.76 Å². The zero-order chi connectivity index (χ0) is 17.7. The maximum Gasteiger partial charge on any atom is 0.314 e. The first-order valence-corrected chi connectivity index (χ1v) is 9.68. The van der Waals surface area contributed by atoms with Crippen molar-refractivity contribution in [3.05, 3.63) is 11.8 Å². The van der Waals surface area contributed by atoms with Crippen molar-refractivity contribution in [1.82, 2.24) is 15.4 Å². The highest BCUT2D eigenvalue weighted by Crippen LogP contribution is 2.29. The molecule has 1 aromatic heterocycles. The molecule has 0 atom stereocenters. The normalized spacial score (nSPS) is 20.8. The van der Waals surface area contributed by atoms with Crippen molar-refractivity contribution in [3.63, 3.8) is 0 Å². The van der Waals surface area contributed by atoms with E-state index >= 15 is 0 Å². The van der Waals surface area contributed by atoms with Gasteiger partial charge in [-0.25, -0.2) is 0 Å². The third kappa shape index (κ3) is 4.53. The summed E-state index contributed by atoms with van der Waals surface area (Å²) in [7, 11) is 0. The maximum absolute atomic E-state index is 12.2. The van der Waals surface area contributed by atoms with Gasteiger partial charge in [0.15, 0.2) is 5.82 Å². The molecule has 0 radical (unpaired) electrons. The smallest absolute Gasteiger partial charge is 0.314 e. The topological polar surface area (TPSA) is 96.7 Å². The standard InChI is InChI=1S/C16H24N4O4S/c1-12-10-13(19-24-12)18-15(22)14(21)17-11-16(2-6-23-7-3-16)20-4-8-25-9-5-20/h10H,2-9,11H2,1H3,(H,17,21)(H,18,19,22). The molecular formula is C16H24N4O4S. The highest BCUT2D eigenvalue weighted by atomic mass is 32.2. The number of aryl methyl sites for hydroxylation is 1. The van der Waals surface area contributed by atoms with Crippen LogP contribution in [0.3, 0.4) is 0 Å². The van der Waals surface area contributed by atoms with E-state index < -0.39 is 11.8 Å². The maximum atomic E-state index is 12.2. The Balaban J connectivity index is 1.58. The first-order valence-electron chi connectivity index (χ1n) is 8.52. The van der Waals surface area contributed by atoms with Crippen LogP contribution in [0.25, 0.3) is 0 Å². The van der Waals surface area contributed by atoms with E-state index in [-0.39, 0.29) is 11.4 Å². The minimum Gasteiger partial charge on any atom is -0.381 e. The summed E-state index contributed by atoms with van der Waals surface area (Å²) < 4.78 is 10.4. The fourth-order valence-electron chi connectivity index (χ4n) is 3.32. The second kappa shape index (κ2) is 8.20. The van der Waals surface area contributed by atoms with Crippen LogP contribution in [0.15, 0.2) is 10.6 Å². The summed E-state index contributed by atoms with van der Waals surface area (Å²) in [5.41, 5.74) is -0.125. The van der Waals surface area contributed by atoms with Gasteiger partial charge in [-0.3, -0.25) is 19.8 Å². The fourth-order valence-corrected chi connectivity index (χ4v) is 4.22. The number of nitrogens with zero attached hydrogens (tertiary/aromatic N) is 2. The molecule has 0 aromatic carbocycles. The predicted octanol–water partition coefficient (Wildman–Crippen LogP) is 0.636. The van der Waals surface area contributed by atoms with E-state index in [2.05, 4.69) is 20.7 Å². The number of hydrogen-bond donors (Lipinski definition) is 2. The Morgan fingerprint density at radius 1 is 1.28 bits per heavy atom. The minimum atomic E-state index is -0.732. The van der Waals surface area contributed by atoms with Crippen LogP contribution in [-0.4, -0.2) is 71.8 Å². The fraction of sp³-hybridized carbons (Fsp3) is 0.688. The largest absolute Gasteiger partial charge is 0.381 e. The Kier molecular flexibility index (Phi) is 5.98. The lowest BCUT2D eigenvalue weighted by atomic mass is 9.87. The summed E-state index contributed by atoms with van der Waals surface area (Å²) in [6, 6.07) is 1.57. The average molecular weight is 368 g/mol. The van der Waals surface area contributed by atoms with Crippen molar-refractivity contribution in [2.45, 2.75) is 25.3 Å². The highest BCUT2D eigenvalue weighted by molar-refractivity contribution is 7.99. The average Bonchev–Trinajstić information content (AvgIpc) is 3.06. The molecule has 2 aliphatic heterocycles. The molecule has 2 amide bonds. The molecule has 9 heteroatoms. The van der Waals surface area contributed by atoms with Crippen molar-refractivity contribution in [2.24, 2.45) is 0 Å². The van der Waals surface area contributed by atoms with Crippen LogP contribution in [0.1, 0.15) is 18.6 Å². The van der Waals surface area contributed by atoms with Crippen LogP contribution >= 0.6 is 11.8 Å². The van der Waals surface area contributed by atoms with Gasteiger partial charge in [-0.2, -0.15) is 11.8 Å². The number of ether oxygens (including phenoxy) is 1. The first-order chi connectivity index (χ1) is 12.1. The van der Waals surface area contributed by atoms with Gasteiger partial charge in [0.2, 0.25) is 0 Å². The Morgan fingerprint density at radius 2 is 2.00 bits per heavy atom. The van der Waals surface area contributed by atoms with Gasteiger partial charge in [0, 0.05) is 56.0 Å². The Morgan fingerprint density at radius 3 is 2.64 bits per heavy atom. The van der Waals surface area contributed by atoms with Gasteiger partial charge in [-0.1, -0.05) is 5.16 Å². The summed E-state index contributed by atoms with van der Waals surface area (Å²) in [6.45, 7) is 5.55. The predicted molar refractivity (Wildman–Crippen MR) is 94.6 cm³/mol. The summed E-state index contributed by atoms with van der Waals surface area (Å²) in [5.74, 6) is 1.62. The molecule has 2 N–H and O–H groups in total. The zero-order valence-electron chi connectivity index (χ0n) is 14.4. The molecule has 2 aliphatic rings. The summed E-state index contributed by atoms with van der Waals surface area (Å²) in [4.78, 5) is 26.7. The lowest BCUT2D eigenvalue weighted by Crippen LogP contribution is -2.61. The van der Waals surface area contributed by atoms with Crippen molar-refractivity contribution in [2.75, 3.05) is 49.7 Å². The summed E-state index contributed by atoms with van der Waals surface area (Å²) in [5, 5.41) is 8.91. The van der Waals surface area contributed by atoms with E-state index in [1.807, 2.05) is 11.8 Å². The Bertz CT molecular complexity index is 609. The van der Waals surface area contributed by atoms with Crippen LogP contribution in [0.2, 0.25) is 0 Å². The number of anilines is 1. The quantitative estimate of drug-likeness (QED) is 0.753. The van der Waals surface area contributed by atoms with E-state index in [4.69, 9.17) is 9.26 Å². The Hall–Kier alpha value is -1.58. The lowest BCUT2D eigenvalue weighted by Gasteiger charge is -2.47. The van der Waals surface area contributed by atoms with Crippen LogP contribution in [0.5, 0.6) is 0 Å². The van der Waals surface area contributed by atoms with Gasteiger partial charge in [0.05, 0.1) is 0 Å². The monoisotopic (exact) mass is 368 g/mol. The Labute approximate surface area is 151 Å². The third-order valence-electron chi connectivity index (χ3n) is 4.76. The molecule has 3 rings (SSSR count). The minimum absolute atomic E-state index is 0.125. The van der Waals surface area contributed by atoms with Gasteiger partial charge < -0.3 is 14.6 Å². The second-order valence-electron chi connectivity index (χ2n) is 6.40. The number of rotatable bonds is 4. The van der Waals surface area contributed by atoms with Crippen LogP contribution in [0.4, 0.5) is 5.82 Å². The molecule has 138 valence electrons. The van der Waals surface area contributed by atoms with E-state index in [0.717, 1.165) is 37.4 Å². The SMILES string of the molecule is Cc1cc(NC(=O)C(=O)NCC2(N3CCSCC3)CCOCC2)no1. The van der Waals surface area contributed by atoms with Gasteiger partial charge in [-0.05, 0) is 19.8 Å². The van der Waals surface area contributed by atoms with E-state index in [1.54, 1.807) is 13.0 Å². The molecule has 0 spiro atoms. The van der Waals surface area contributed by atoms with Crippen LogP contribution < -0.4 is 10.6 Å². The van der Waals surface area contributed by atoms with Gasteiger partial charge in [-0.15, -0.1) is 0 Å². The van der Waals surface area contributed by atoms with Crippen molar-refractivity contribution < 1.29 is 18.8 Å². The molecule has 8 nitrogen and oxygen atoms in total. The number of carbonyl (C=O) groups is 2. The number of aromatic nitrogens is 1. The van der Waals surface area contributed by atoms with Crippen LogP contribution in [0, 0.1) is 6.92 Å². The van der Waals surface area contributed by atoms with Crippen molar-refractivity contribution in [1.29, 1.82) is 0 Å². The molecule has 0 saturated carbocycles. The number of nitrogens with one attached hydrogen (secondary N) is 2. The lowest BCUT2D eigenvalue weighted by molar-refractivity contribution is -0.136. The van der Waals surface area contributed by atoms with Crippen LogP contribution in [-0.2, 0) is 14.3 Å².